The minimum Gasteiger partial charge on any atom is -0.438 e. The number of nitrogens with one attached hydrogen (secondary N) is 1. The van der Waals surface area contributed by atoms with Gasteiger partial charge in [0.2, 0.25) is 5.88 Å². The fraction of sp³-hybridized carbons (Fsp3) is 0.0500. The Hall–Kier alpha value is -3.17. The monoisotopic (exact) mass is 407 g/mol. The van der Waals surface area contributed by atoms with Gasteiger partial charge in [0.15, 0.2) is 0 Å². The van der Waals surface area contributed by atoms with Crippen molar-refractivity contribution in [2.24, 2.45) is 0 Å². The Morgan fingerprint density at radius 2 is 1.85 bits per heavy atom. The zero-order valence-electron chi connectivity index (χ0n) is 13.6. The van der Waals surface area contributed by atoms with Crippen LogP contribution in [0.1, 0.15) is 15.9 Å². The van der Waals surface area contributed by atoms with Crippen molar-refractivity contribution >= 4 is 27.5 Å². The maximum Gasteiger partial charge on any atom is 0.261 e. The molecule has 0 bridgehead atoms. The molecular weight excluding hydrogens is 394 g/mol. The molecule has 128 valence electrons. The summed E-state index contributed by atoms with van der Waals surface area (Å²) < 4.78 is 6.68. The summed E-state index contributed by atoms with van der Waals surface area (Å²) in [7, 11) is 0. The molecule has 2 aromatic carbocycles. The number of carbonyl (C=O) groups is 1. The first kappa shape index (κ1) is 17.6. The molecule has 5 nitrogen and oxygen atoms in total. The number of halogens is 1. The van der Waals surface area contributed by atoms with Crippen LogP contribution in [-0.2, 0) is 6.42 Å². The number of hydrogen-bond donors (Lipinski definition) is 1. The molecule has 1 heterocycles. The minimum absolute atomic E-state index is 0.230. The van der Waals surface area contributed by atoms with Crippen LogP contribution in [0.2, 0.25) is 0 Å². The van der Waals surface area contributed by atoms with Crippen LogP contribution in [0.25, 0.3) is 0 Å². The Bertz CT molecular complexity index is 948. The van der Waals surface area contributed by atoms with E-state index in [2.05, 4.69) is 32.3 Å². The molecule has 3 aromatic rings. The van der Waals surface area contributed by atoms with E-state index in [0.717, 1.165) is 10.0 Å². The van der Waals surface area contributed by atoms with Crippen LogP contribution < -0.4 is 10.1 Å². The zero-order chi connectivity index (χ0) is 18.4. The molecule has 0 radical (unpaired) electrons. The lowest BCUT2D eigenvalue weighted by Crippen LogP contribution is -2.13. The Morgan fingerprint density at radius 1 is 1.12 bits per heavy atom. The molecule has 0 atom stereocenters. The number of amides is 1. The van der Waals surface area contributed by atoms with Crippen LogP contribution >= 0.6 is 15.9 Å². The van der Waals surface area contributed by atoms with Gasteiger partial charge in [0.25, 0.3) is 5.91 Å². The van der Waals surface area contributed by atoms with Crippen LogP contribution in [-0.4, -0.2) is 10.9 Å². The summed E-state index contributed by atoms with van der Waals surface area (Å²) in [6.07, 6.45) is 1.91. The Morgan fingerprint density at radius 3 is 2.54 bits per heavy atom. The summed E-state index contributed by atoms with van der Waals surface area (Å²) in [4.78, 5) is 16.8. The fourth-order valence-corrected chi connectivity index (χ4v) is 2.52. The second kappa shape index (κ2) is 8.28. The van der Waals surface area contributed by atoms with Crippen molar-refractivity contribution < 1.29 is 9.53 Å². The van der Waals surface area contributed by atoms with Gasteiger partial charge in [-0.3, -0.25) is 4.79 Å². The number of pyridine rings is 1. The number of carbonyl (C=O) groups excluding carboxylic acids is 1. The van der Waals surface area contributed by atoms with Gasteiger partial charge in [-0.05, 0) is 54.1 Å². The predicted molar refractivity (Wildman–Crippen MR) is 102 cm³/mol. The van der Waals surface area contributed by atoms with Crippen molar-refractivity contribution in [3.8, 4) is 17.7 Å². The van der Waals surface area contributed by atoms with Gasteiger partial charge >= 0.3 is 0 Å². The topological polar surface area (TPSA) is 75.0 Å². The number of benzene rings is 2. The molecule has 0 aliphatic heterocycles. The molecule has 0 aliphatic carbocycles. The first-order valence-corrected chi connectivity index (χ1v) is 8.60. The van der Waals surface area contributed by atoms with E-state index in [1.807, 2.05) is 12.1 Å². The molecule has 0 saturated heterocycles. The molecule has 26 heavy (non-hydrogen) atoms. The smallest absolute Gasteiger partial charge is 0.261 e. The van der Waals surface area contributed by atoms with Crippen LogP contribution in [0, 0.1) is 11.3 Å². The molecule has 6 heteroatoms. The van der Waals surface area contributed by atoms with Gasteiger partial charge < -0.3 is 10.1 Å². The first-order chi connectivity index (χ1) is 12.7. The van der Waals surface area contributed by atoms with Crippen LogP contribution in [0.4, 0.5) is 5.69 Å². The molecule has 0 saturated carbocycles. The molecule has 0 fully saturated rings. The highest BCUT2D eigenvalue weighted by Crippen LogP contribution is 2.25. The number of anilines is 1. The Labute approximate surface area is 159 Å². The van der Waals surface area contributed by atoms with Gasteiger partial charge in [0.1, 0.15) is 11.3 Å². The van der Waals surface area contributed by atoms with Gasteiger partial charge in [0, 0.05) is 16.4 Å². The number of rotatable bonds is 5. The highest BCUT2D eigenvalue weighted by molar-refractivity contribution is 9.10. The van der Waals surface area contributed by atoms with E-state index in [-0.39, 0.29) is 11.8 Å². The quantitative estimate of drug-likeness (QED) is 0.648. The zero-order valence-corrected chi connectivity index (χ0v) is 15.2. The van der Waals surface area contributed by atoms with E-state index in [9.17, 15) is 4.79 Å². The molecule has 1 N–H and O–H groups in total. The summed E-state index contributed by atoms with van der Waals surface area (Å²) >= 11 is 3.37. The average Bonchev–Trinajstić information content (AvgIpc) is 2.66. The first-order valence-electron chi connectivity index (χ1n) is 7.81. The molecule has 3 rings (SSSR count). The second-order valence-electron chi connectivity index (χ2n) is 5.40. The number of hydrogen-bond acceptors (Lipinski definition) is 4. The third-order valence-corrected chi connectivity index (χ3v) is 4.07. The highest BCUT2D eigenvalue weighted by atomic mass is 79.9. The van der Waals surface area contributed by atoms with Crippen molar-refractivity contribution in [3.63, 3.8) is 0 Å². The van der Waals surface area contributed by atoms with E-state index in [4.69, 9.17) is 10.00 Å². The van der Waals surface area contributed by atoms with Crippen LogP contribution in [0.5, 0.6) is 11.6 Å². The lowest BCUT2D eigenvalue weighted by molar-refractivity contribution is 0.102. The van der Waals surface area contributed by atoms with E-state index in [0.29, 0.717) is 23.4 Å². The maximum atomic E-state index is 12.6. The number of aromatic nitrogens is 1. The number of nitrogens with zero attached hydrogens (tertiary/aromatic N) is 2. The lowest BCUT2D eigenvalue weighted by atomic mass is 10.1. The normalized spacial score (nSPS) is 10.0. The average molecular weight is 408 g/mol. The highest BCUT2D eigenvalue weighted by Gasteiger charge is 2.14. The molecule has 0 unspecified atom stereocenters. The summed E-state index contributed by atoms with van der Waals surface area (Å²) in [6.45, 7) is 0. The Kier molecular flexibility index (Phi) is 5.62. The largest absolute Gasteiger partial charge is 0.438 e. The summed E-state index contributed by atoms with van der Waals surface area (Å²) in [5.41, 5.74) is 1.86. The second-order valence-corrected chi connectivity index (χ2v) is 6.31. The van der Waals surface area contributed by atoms with E-state index >= 15 is 0 Å². The standard InChI is InChI=1S/C20H14BrN3O2/c21-15-5-9-17(10-6-15)26-20-18(2-1-13-23-20)19(25)24-16-7-3-14(4-8-16)11-12-22/h1-10,13H,11H2,(H,24,25). The summed E-state index contributed by atoms with van der Waals surface area (Å²) in [5, 5.41) is 11.5. The lowest BCUT2D eigenvalue weighted by Gasteiger charge is -2.10. The predicted octanol–water partition coefficient (Wildman–Crippen LogP) is 4.95. The maximum absolute atomic E-state index is 12.6. The van der Waals surface area contributed by atoms with Crippen molar-refractivity contribution in [1.82, 2.24) is 4.98 Å². The van der Waals surface area contributed by atoms with E-state index in [1.54, 1.807) is 54.7 Å². The molecule has 0 aliphatic rings. The van der Waals surface area contributed by atoms with Crippen LogP contribution in [0.15, 0.2) is 71.3 Å². The van der Waals surface area contributed by atoms with Crippen LogP contribution in [0.3, 0.4) is 0 Å². The van der Waals surface area contributed by atoms with Gasteiger partial charge in [0.05, 0.1) is 12.5 Å². The summed E-state index contributed by atoms with van der Waals surface area (Å²) in [5.74, 6) is 0.494. The van der Waals surface area contributed by atoms with Crippen molar-refractivity contribution in [2.45, 2.75) is 6.42 Å². The van der Waals surface area contributed by atoms with Crippen molar-refractivity contribution in [1.29, 1.82) is 5.26 Å². The third kappa shape index (κ3) is 4.47. The fourth-order valence-electron chi connectivity index (χ4n) is 2.25. The molecule has 1 aromatic heterocycles. The Balaban J connectivity index is 1.77. The molecule has 1 amide bonds. The van der Waals surface area contributed by atoms with Crippen molar-refractivity contribution in [3.05, 3.63) is 82.5 Å². The third-order valence-electron chi connectivity index (χ3n) is 3.54. The minimum atomic E-state index is -0.321. The summed E-state index contributed by atoms with van der Waals surface area (Å²) in [6, 6.07) is 19.8. The van der Waals surface area contributed by atoms with E-state index < -0.39 is 0 Å². The molecular formula is C20H14BrN3O2. The van der Waals surface area contributed by atoms with Gasteiger partial charge in [-0.25, -0.2) is 4.98 Å². The molecule has 0 spiro atoms. The SMILES string of the molecule is N#CCc1ccc(NC(=O)c2cccnc2Oc2ccc(Br)cc2)cc1. The number of ether oxygens (including phenoxy) is 1. The van der Waals surface area contributed by atoms with Gasteiger partial charge in [-0.15, -0.1) is 0 Å². The van der Waals surface area contributed by atoms with Gasteiger partial charge in [-0.1, -0.05) is 28.1 Å². The van der Waals surface area contributed by atoms with Gasteiger partial charge in [-0.2, -0.15) is 5.26 Å². The number of nitriles is 1. The van der Waals surface area contributed by atoms with Crippen molar-refractivity contribution in [2.75, 3.05) is 5.32 Å². The van der Waals surface area contributed by atoms with E-state index in [1.165, 1.54) is 0 Å².